The second kappa shape index (κ2) is 6.01. The zero-order valence-corrected chi connectivity index (χ0v) is 12.6. The van der Waals surface area contributed by atoms with E-state index in [4.69, 9.17) is 11.6 Å². The number of benzene rings is 2. The van der Waals surface area contributed by atoms with Crippen LogP contribution in [-0.4, -0.2) is 13.5 Å². The Morgan fingerprint density at radius 2 is 1.90 bits per heavy atom. The first kappa shape index (κ1) is 15.8. The van der Waals surface area contributed by atoms with E-state index < -0.39 is 21.9 Å². The molecular formula is C14H13ClFNO3S. The molecule has 112 valence electrons. The standard InChI is InChI=1S/C14H13ClFNO3S/c1-9(18)11-4-2-3-5-14(11)17-21(19,20)10-6-7-13(16)12(15)8-10/h2-9,17-18H,1H3. The van der Waals surface area contributed by atoms with Gasteiger partial charge < -0.3 is 5.11 Å². The number of halogens is 2. The van der Waals surface area contributed by atoms with Crippen LogP contribution in [0, 0.1) is 5.82 Å². The number of hydrogen-bond acceptors (Lipinski definition) is 3. The summed E-state index contributed by atoms with van der Waals surface area (Å²) in [6.45, 7) is 1.53. The molecule has 1 atom stereocenters. The number of nitrogens with one attached hydrogen (secondary N) is 1. The molecule has 21 heavy (non-hydrogen) atoms. The monoisotopic (exact) mass is 329 g/mol. The van der Waals surface area contributed by atoms with Gasteiger partial charge >= 0.3 is 0 Å². The molecule has 0 saturated heterocycles. The van der Waals surface area contributed by atoms with Gasteiger partial charge in [-0.15, -0.1) is 0 Å². The summed E-state index contributed by atoms with van der Waals surface area (Å²) in [6.07, 6.45) is -0.833. The van der Waals surface area contributed by atoms with Crippen molar-refractivity contribution < 1.29 is 17.9 Å². The summed E-state index contributed by atoms with van der Waals surface area (Å²) in [5.41, 5.74) is 0.697. The van der Waals surface area contributed by atoms with Crippen LogP contribution in [0.25, 0.3) is 0 Å². The third-order valence-electron chi connectivity index (χ3n) is 2.86. The van der Waals surface area contributed by atoms with E-state index in [1.54, 1.807) is 18.2 Å². The average molecular weight is 330 g/mol. The lowest BCUT2D eigenvalue weighted by Crippen LogP contribution is -2.15. The highest BCUT2D eigenvalue weighted by Crippen LogP contribution is 2.26. The van der Waals surface area contributed by atoms with Crippen LogP contribution in [0.2, 0.25) is 5.02 Å². The van der Waals surface area contributed by atoms with E-state index in [1.165, 1.54) is 13.0 Å². The number of aliphatic hydroxyl groups excluding tert-OH is 1. The fourth-order valence-electron chi connectivity index (χ4n) is 1.80. The Hall–Kier alpha value is -1.63. The Kier molecular flexibility index (Phi) is 4.51. The van der Waals surface area contributed by atoms with E-state index in [2.05, 4.69) is 4.72 Å². The maximum absolute atomic E-state index is 13.1. The van der Waals surface area contributed by atoms with Gasteiger partial charge in [-0.2, -0.15) is 0 Å². The summed E-state index contributed by atoms with van der Waals surface area (Å²) in [7, 11) is -3.92. The van der Waals surface area contributed by atoms with Crippen molar-refractivity contribution in [3.63, 3.8) is 0 Å². The normalized spacial score (nSPS) is 13.0. The van der Waals surface area contributed by atoms with Crippen LogP contribution < -0.4 is 4.72 Å². The molecule has 0 saturated carbocycles. The Morgan fingerprint density at radius 1 is 1.24 bits per heavy atom. The largest absolute Gasteiger partial charge is 0.389 e. The predicted octanol–water partition coefficient (Wildman–Crippen LogP) is 3.33. The first-order valence-electron chi connectivity index (χ1n) is 6.06. The van der Waals surface area contributed by atoms with Gasteiger partial charge in [0, 0.05) is 5.56 Å². The fourth-order valence-corrected chi connectivity index (χ4v) is 3.16. The first-order chi connectivity index (χ1) is 9.81. The number of sulfonamides is 1. The summed E-state index contributed by atoms with van der Waals surface area (Å²) >= 11 is 5.60. The molecule has 1 unspecified atom stereocenters. The molecule has 4 nitrogen and oxygen atoms in total. The quantitative estimate of drug-likeness (QED) is 0.904. The molecule has 2 rings (SSSR count). The van der Waals surface area contributed by atoms with Crippen molar-refractivity contribution in [2.24, 2.45) is 0 Å². The van der Waals surface area contributed by atoms with Crippen molar-refractivity contribution in [1.82, 2.24) is 0 Å². The van der Waals surface area contributed by atoms with Crippen molar-refractivity contribution >= 4 is 27.3 Å². The lowest BCUT2D eigenvalue weighted by atomic mass is 10.1. The molecule has 2 N–H and O–H groups in total. The average Bonchev–Trinajstić information content (AvgIpc) is 2.41. The number of aliphatic hydroxyl groups is 1. The molecule has 0 spiro atoms. The molecule has 0 bridgehead atoms. The van der Waals surface area contributed by atoms with E-state index in [0.29, 0.717) is 5.56 Å². The van der Waals surface area contributed by atoms with Gasteiger partial charge in [-0.25, -0.2) is 12.8 Å². The van der Waals surface area contributed by atoms with Crippen molar-refractivity contribution in [2.75, 3.05) is 4.72 Å². The molecular weight excluding hydrogens is 317 g/mol. The van der Waals surface area contributed by atoms with E-state index in [-0.39, 0.29) is 15.6 Å². The minimum absolute atomic E-state index is 0.158. The van der Waals surface area contributed by atoms with Gasteiger partial charge in [0.05, 0.1) is 21.7 Å². The summed E-state index contributed by atoms with van der Waals surface area (Å²) in [6, 6.07) is 9.61. The van der Waals surface area contributed by atoms with Gasteiger partial charge in [-0.1, -0.05) is 29.8 Å². The lowest BCUT2D eigenvalue weighted by Gasteiger charge is -2.14. The zero-order chi connectivity index (χ0) is 15.6. The van der Waals surface area contributed by atoms with Crippen LogP contribution in [-0.2, 0) is 10.0 Å². The smallest absolute Gasteiger partial charge is 0.261 e. The first-order valence-corrected chi connectivity index (χ1v) is 7.92. The molecule has 2 aromatic carbocycles. The van der Waals surface area contributed by atoms with Gasteiger partial charge in [0.1, 0.15) is 5.82 Å². The Labute approximate surface area is 127 Å². The summed E-state index contributed by atoms with van der Waals surface area (Å²) in [4.78, 5) is -0.158. The number of para-hydroxylation sites is 1. The molecule has 0 aliphatic rings. The second-order valence-electron chi connectivity index (χ2n) is 4.44. The van der Waals surface area contributed by atoms with Gasteiger partial charge in [-0.3, -0.25) is 4.72 Å². The highest BCUT2D eigenvalue weighted by molar-refractivity contribution is 7.92. The molecule has 2 aromatic rings. The summed E-state index contributed by atoms with van der Waals surface area (Å²) in [5, 5.41) is 9.37. The van der Waals surface area contributed by atoms with Crippen LogP contribution in [0.4, 0.5) is 10.1 Å². The van der Waals surface area contributed by atoms with Gasteiger partial charge in [-0.05, 0) is 31.2 Å². The minimum Gasteiger partial charge on any atom is -0.389 e. The van der Waals surface area contributed by atoms with Crippen molar-refractivity contribution in [3.8, 4) is 0 Å². The molecule has 7 heteroatoms. The Bertz CT molecular complexity index is 763. The Morgan fingerprint density at radius 3 is 2.52 bits per heavy atom. The van der Waals surface area contributed by atoms with Gasteiger partial charge in [0.2, 0.25) is 0 Å². The third-order valence-corrected chi connectivity index (χ3v) is 4.51. The van der Waals surface area contributed by atoms with Gasteiger partial charge in [0.15, 0.2) is 0 Å². The van der Waals surface area contributed by atoms with Crippen molar-refractivity contribution in [1.29, 1.82) is 0 Å². The molecule has 0 aliphatic carbocycles. The summed E-state index contributed by atoms with van der Waals surface area (Å²) in [5.74, 6) is -0.694. The van der Waals surface area contributed by atoms with E-state index in [1.807, 2.05) is 0 Å². The third kappa shape index (κ3) is 3.53. The van der Waals surface area contributed by atoms with Crippen molar-refractivity contribution in [3.05, 3.63) is 58.9 Å². The van der Waals surface area contributed by atoms with Crippen LogP contribution >= 0.6 is 11.6 Å². The minimum atomic E-state index is -3.92. The SMILES string of the molecule is CC(O)c1ccccc1NS(=O)(=O)c1ccc(F)c(Cl)c1. The fraction of sp³-hybridized carbons (Fsp3) is 0.143. The molecule has 0 fully saturated rings. The molecule has 0 amide bonds. The molecule has 0 heterocycles. The van der Waals surface area contributed by atoms with E-state index >= 15 is 0 Å². The van der Waals surface area contributed by atoms with E-state index in [9.17, 15) is 17.9 Å². The molecule has 0 radical (unpaired) electrons. The van der Waals surface area contributed by atoms with E-state index in [0.717, 1.165) is 18.2 Å². The van der Waals surface area contributed by atoms with Crippen LogP contribution in [0.5, 0.6) is 0 Å². The van der Waals surface area contributed by atoms with Crippen LogP contribution in [0.15, 0.2) is 47.4 Å². The maximum Gasteiger partial charge on any atom is 0.261 e. The number of hydrogen-bond donors (Lipinski definition) is 2. The highest BCUT2D eigenvalue weighted by Gasteiger charge is 2.18. The predicted molar refractivity (Wildman–Crippen MR) is 79.3 cm³/mol. The highest BCUT2D eigenvalue weighted by atomic mass is 35.5. The van der Waals surface area contributed by atoms with Crippen LogP contribution in [0.1, 0.15) is 18.6 Å². The topological polar surface area (TPSA) is 66.4 Å². The number of rotatable bonds is 4. The Balaban J connectivity index is 2.40. The van der Waals surface area contributed by atoms with Gasteiger partial charge in [0.25, 0.3) is 10.0 Å². The lowest BCUT2D eigenvalue weighted by molar-refractivity contribution is 0.200. The summed E-state index contributed by atoms with van der Waals surface area (Å²) < 4.78 is 40.0. The number of anilines is 1. The molecule has 0 aromatic heterocycles. The second-order valence-corrected chi connectivity index (χ2v) is 6.53. The van der Waals surface area contributed by atoms with Crippen LogP contribution in [0.3, 0.4) is 0 Å². The maximum atomic E-state index is 13.1. The zero-order valence-electron chi connectivity index (χ0n) is 11.0. The molecule has 0 aliphatic heterocycles. The van der Waals surface area contributed by atoms with Crippen molar-refractivity contribution in [2.45, 2.75) is 17.9 Å².